The smallest absolute Gasteiger partial charge is 0.225 e. The first kappa shape index (κ1) is 24.2. The van der Waals surface area contributed by atoms with Crippen LogP contribution in [0.4, 0.5) is 5.95 Å². The Morgan fingerprint density at radius 1 is 1.06 bits per heavy atom. The van der Waals surface area contributed by atoms with Gasteiger partial charge in [0.2, 0.25) is 11.9 Å². The molecule has 3 heterocycles. The SMILES string of the molecule is C[C@@H]1CN(c2ncc(C#N)cn2)C[C@@H](C)N1C(=O)CCCC1CCN(Cc2ccccc2)CC1. The largest absolute Gasteiger partial charge is 0.337 e. The minimum Gasteiger partial charge on any atom is -0.337 e. The van der Waals surface area contributed by atoms with Gasteiger partial charge in [0, 0.05) is 38.1 Å². The number of nitrogens with zero attached hydrogens (tertiary/aromatic N) is 6. The van der Waals surface area contributed by atoms with E-state index in [-0.39, 0.29) is 18.0 Å². The molecule has 1 amide bonds. The molecule has 2 saturated heterocycles. The van der Waals surface area contributed by atoms with Crippen molar-refractivity contribution in [1.82, 2.24) is 19.8 Å². The third kappa shape index (κ3) is 6.12. The van der Waals surface area contributed by atoms with E-state index in [0.29, 0.717) is 31.0 Å². The van der Waals surface area contributed by atoms with E-state index >= 15 is 0 Å². The van der Waals surface area contributed by atoms with Crippen molar-refractivity contribution < 1.29 is 4.79 Å². The summed E-state index contributed by atoms with van der Waals surface area (Å²) in [4.78, 5) is 28.5. The maximum atomic E-state index is 13.1. The van der Waals surface area contributed by atoms with Crippen molar-refractivity contribution >= 4 is 11.9 Å². The summed E-state index contributed by atoms with van der Waals surface area (Å²) in [6.07, 6.45) is 8.33. The van der Waals surface area contributed by atoms with Crippen molar-refractivity contribution in [2.75, 3.05) is 31.1 Å². The number of carbonyl (C=O) groups is 1. The molecule has 7 nitrogen and oxygen atoms in total. The molecule has 2 fully saturated rings. The lowest BCUT2D eigenvalue weighted by molar-refractivity contribution is -0.136. The van der Waals surface area contributed by atoms with Gasteiger partial charge in [0.15, 0.2) is 0 Å². The molecule has 34 heavy (non-hydrogen) atoms. The molecular formula is C27H36N6O. The van der Waals surface area contributed by atoms with Crippen LogP contribution < -0.4 is 4.90 Å². The van der Waals surface area contributed by atoms with E-state index in [9.17, 15) is 4.79 Å². The van der Waals surface area contributed by atoms with Crippen LogP contribution in [0.15, 0.2) is 42.7 Å². The number of hydrogen-bond donors (Lipinski definition) is 0. The Morgan fingerprint density at radius 2 is 1.71 bits per heavy atom. The van der Waals surface area contributed by atoms with Crippen LogP contribution in [0.5, 0.6) is 0 Å². The number of aromatic nitrogens is 2. The van der Waals surface area contributed by atoms with Crippen LogP contribution in [0.2, 0.25) is 0 Å². The summed E-state index contributed by atoms with van der Waals surface area (Å²) in [5, 5.41) is 8.95. The molecule has 0 N–H and O–H groups in total. The van der Waals surface area contributed by atoms with E-state index in [1.165, 1.54) is 18.4 Å². The van der Waals surface area contributed by atoms with Gasteiger partial charge in [-0.2, -0.15) is 5.26 Å². The Bertz CT molecular complexity index is 953. The lowest BCUT2D eigenvalue weighted by Gasteiger charge is -2.44. The number of likely N-dealkylation sites (tertiary alicyclic amines) is 1. The zero-order valence-corrected chi connectivity index (χ0v) is 20.4. The van der Waals surface area contributed by atoms with E-state index in [4.69, 9.17) is 5.26 Å². The van der Waals surface area contributed by atoms with Gasteiger partial charge in [0.1, 0.15) is 6.07 Å². The number of hydrogen-bond acceptors (Lipinski definition) is 6. The number of nitriles is 1. The molecule has 0 bridgehead atoms. The number of amides is 1. The van der Waals surface area contributed by atoms with Crippen molar-refractivity contribution in [3.63, 3.8) is 0 Å². The summed E-state index contributed by atoms with van der Waals surface area (Å²) in [6.45, 7) is 8.98. The van der Waals surface area contributed by atoms with Crippen LogP contribution >= 0.6 is 0 Å². The molecule has 0 radical (unpaired) electrons. The van der Waals surface area contributed by atoms with Crippen molar-refractivity contribution in [2.45, 2.75) is 64.6 Å². The highest BCUT2D eigenvalue weighted by Gasteiger charge is 2.33. The van der Waals surface area contributed by atoms with Crippen molar-refractivity contribution in [3.8, 4) is 6.07 Å². The first-order valence-electron chi connectivity index (χ1n) is 12.6. The van der Waals surface area contributed by atoms with Gasteiger partial charge in [-0.15, -0.1) is 0 Å². The van der Waals surface area contributed by atoms with Gasteiger partial charge in [-0.3, -0.25) is 9.69 Å². The lowest BCUT2D eigenvalue weighted by Crippen LogP contribution is -2.59. The quantitative estimate of drug-likeness (QED) is 0.625. The van der Waals surface area contributed by atoms with Gasteiger partial charge in [-0.25, -0.2) is 9.97 Å². The second-order valence-electron chi connectivity index (χ2n) is 9.88. The number of piperazine rings is 1. The summed E-state index contributed by atoms with van der Waals surface area (Å²) in [6, 6.07) is 13.0. The predicted molar refractivity (Wildman–Crippen MR) is 133 cm³/mol. The second kappa shape index (κ2) is 11.4. The molecular weight excluding hydrogens is 424 g/mol. The zero-order chi connectivity index (χ0) is 23.9. The number of rotatable bonds is 7. The van der Waals surface area contributed by atoms with Gasteiger partial charge in [-0.1, -0.05) is 30.3 Å². The van der Waals surface area contributed by atoms with Crippen LogP contribution in [0.1, 0.15) is 57.1 Å². The van der Waals surface area contributed by atoms with Crippen LogP contribution in [-0.2, 0) is 11.3 Å². The predicted octanol–water partition coefficient (Wildman–Crippen LogP) is 3.86. The molecule has 7 heteroatoms. The third-order valence-corrected chi connectivity index (χ3v) is 7.22. The highest BCUT2D eigenvalue weighted by Crippen LogP contribution is 2.25. The maximum absolute atomic E-state index is 13.1. The molecule has 2 aliphatic heterocycles. The molecule has 0 aliphatic carbocycles. The van der Waals surface area contributed by atoms with E-state index < -0.39 is 0 Å². The molecule has 0 unspecified atom stereocenters. The molecule has 2 aliphatic rings. The van der Waals surface area contributed by atoms with E-state index in [1.807, 2.05) is 0 Å². The van der Waals surface area contributed by atoms with Crippen molar-refractivity contribution in [2.24, 2.45) is 5.92 Å². The summed E-state index contributed by atoms with van der Waals surface area (Å²) in [7, 11) is 0. The van der Waals surface area contributed by atoms with Crippen LogP contribution in [0, 0.1) is 17.2 Å². The van der Waals surface area contributed by atoms with Crippen LogP contribution in [0.25, 0.3) is 0 Å². The van der Waals surface area contributed by atoms with Gasteiger partial charge < -0.3 is 9.80 Å². The van der Waals surface area contributed by atoms with Crippen LogP contribution in [-0.4, -0.2) is 63.9 Å². The first-order chi connectivity index (χ1) is 16.5. The Morgan fingerprint density at radius 3 is 2.32 bits per heavy atom. The van der Waals surface area contributed by atoms with Crippen LogP contribution in [0.3, 0.4) is 0 Å². The Labute approximate surface area is 203 Å². The summed E-state index contributed by atoms with van der Waals surface area (Å²) in [5.41, 5.74) is 1.85. The highest BCUT2D eigenvalue weighted by molar-refractivity contribution is 5.77. The van der Waals surface area contributed by atoms with Gasteiger partial charge in [-0.05, 0) is 64.1 Å². The Hall–Kier alpha value is -2.98. The topological polar surface area (TPSA) is 76.4 Å². The van der Waals surface area contributed by atoms with E-state index in [0.717, 1.165) is 38.4 Å². The molecule has 0 saturated carbocycles. The van der Waals surface area contributed by atoms with Gasteiger partial charge >= 0.3 is 0 Å². The average molecular weight is 461 g/mol. The summed E-state index contributed by atoms with van der Waals surface area (Å²) in [5.74, 6) is 1.63. The Kier molecular flexibility index (Phi) is 8.12. The fourth-order valence-electron chi connectivity index (χ4n) is 5.47. The number of carbonyl (C=O) groups excluding carboxylic acids is 1. The molecule has 0 spiro atoms. The minimum absolute atomic E-state index is 0.108. The zero-order valence-electron chi connectivity index (χ0n) is 20.4. The molecule has 4 rings (SSSR count). The lowest BCUT2D eigenvalue weighted by atomic mass is 9.91. The number of benzene rings is 1. The average Bonchev–Trinajstić information content (AvgIpc) is 2.85. The maximum Gasteiger partial charge on any atom is 0.225 e. The molecule has 2 atom stereocenters. The monoisotopic (exact) mass is 460 g/mol. The third-order valence-electron chi connectivity index (χ3n) is 7.22. The Balaban J connectivity index is 1.19. The normalized spacial score (nSPS) is 21.9. The number of anilines is 1. The molecule has 180 valence electrons. The van der Waals surface area contributed by atoms with E-state index in [1.54, 1.807) is 12.4 Å². The van der Waals surface area contributed by atoms with Gasteiger partial charge in [0.25, 0.3) is 0 Å². The van der Waals surface area contributed by atoms with Crippen molar-refractivity contribution in [1.29, 1.82) is 5.26 Å². The standard InChI is InChI=1S/C27H36N6O/c1-21-18-32(27-29-16-25(15-28)17-30-27)19-22(2)33(21)26(34)10-6-9-23-11-13-31(14-12-23)20-24-7-4-3-5-8-24/h3-5,7-8,16-17,21-23H,6,9-14,18-20H2,1-2H3/t21-,22-/m1/s1. The highest BCUT2D eigenvalue weighted by atomic mass is 16.2. The summed E-state index contributed by atoms with van der Waals surface area (Å²) < 4.78 is 0. The van der Waals surface area contributed by atoms with Crippen molar-refractivity contribution in [3.05, 3.63) is 53.9 Å². The fraction of sp³-hybridized carbons (Fsp3) is 0.556. The molecule has 1 aromatic carbocycles. The fourth-order valence-corrected chi connectivity index (χ4v) is 5.47. The second-order valence-corrected chi connectivity index (χ2v) is 9.88. The van der Waals surface area contributed by atoms with Gasteiger partial charge in [0.05, 0.1) is 18.0 Å². The van der Waals surface area contributed by atoms with E-state index in [2.05, 4.69) is 74.9 Å². The number of piperidine rings is 1. The molecule has 2 aromatic rings. The molecule has 1 aromatic heterocycles. The first-order valence-corrected chi connectivity index (χ1v) is 12.6. The summed E-state index contributed by atoms with van der Waals surface area (Å²) >= 11 is 0. The minimum atomic E-state index is 0.108.